The standard InChI is InChI=1S/C21H32N4O2/c1-3-24-11-10-22-21(24)17-23-12-13-25(19(16-23)9-14-26)15-18-7-5-6-8-20(18)27-4-2/h5-8,10-11,19,26H,3-4,9,12-17H2,1-2H3. The molecule has 148 valence electrons. The molecule has 0 radical (unpaired) electrons. The van der Waals surface area contributed by atoms with Gasteiger partial charge < -0.3 is 14.4 Å². The van der Waals surface area contributed by atoms with Gasteiger partial charge in [0.25, 0.3) is 0 Å². The minimum atomic E-state index is 0.214. The summed E-state index contributed by atoms with van der Waals surface area (Å²) in [5.41, 5.74) is 1.22. The first-order chi connectivity index (χ1) is 13.2. The molecule has 1 aliphatic rings. The third kappa shape index (κ3) is 5.09. The zero-order chi connectivity index (χ0) is 19.1. The first-order valence-electron chi connectivity index (χ1n) is 10.0. The van der Waals surface area contributed by atoms with E-state index < -0.39 is 0 Å². The fourth-order valence-corrected chi connectivity index (χ4v) is 3.86. The Balaban J connectivity index is 1.66. The first kappa shape index (κ1) is 19.9. The maximum atomic E-state index is 9.58. The number of nitrogens with zero attached hydrogens (tertiary/aromatic N) is 4. The number of aromatic nitrogens is 2. The smallest absolute Gasteiger partial charge is 0.123 e. The van der Waals surface area contributed by atoms with E-state index in [0.717, 1.165) is 57.3 Å². The molecule has 1 fully saturated rings. The largest absolute Gasteiger partial charge is 0.494 e. The molecule has 1 aliphatic heterocycles. The summed E-state index contributed by atoms with van der Waals surface area (Å²) in [6.45, 7) is 10.7. The van der Waals surface area contributed by atoms with E-state index in [9.17, 15) is 5.11 Å². The molecular weight excluding hydrogens is 340 g/mol. The minimum absolute atomic E-state index is 0.214. The van der Waals surface area contributed by atoms with Crippen LogP contribution in [0.1, 0.15) is 31.7 Å². The van der Waals surface area contributed by atoms with Crippen molar-refractivity contribution in [1.29, 1.82) is 0 Å². The van der Waals surface area contributed by atoms with Gasteiger partial charge in [-0.3, -0.25) is 9.80 Å². The van der Waals surface area contributed by atoms with E-state index in [-0.39, 0.29) is 6.61 Å². The van der Waals surface area contributed by atoms with Crippen molar-refractivity contribution < 1.29 is 9.84 Å². The molecule has 6 nitrogen and oxygen atoms in total. The third-order valence-electron chi connectivity index (χ3n) is 5.30. The monoisotopic (exact) mass is 372 g/mol. The minimum Gasteiger partial charge on any atom is -0.494 e. The Kier molecular flexibility index (Phi) is 7.26. The highest BCUT2D eigenvalue weighted by Crippen LogP contribution is 2.23. The molecular formula is C21H32N4O2. The second-order valence-corrected chi connectivity index (χ2v) is 7.04. The lowest BCUT2D eigenvalue weighted by molar-refractivity contribution is 0.0477. The van der Waals surface area contributed by atoms with Crippen molar-refractivity contribution >= 4 is 0 Å². The number of piperazine rings is 1. The van der Waals surface area contributed by atoms with E-state index in [1.54, 1.807) is 0 Å². The Morgan fingerprint density at radius 1 is 1.19 bits per heavy atom. The number of hydrogen-bond acceptors (Lipinski definition) is 5. The topological polar surface area (TPSA) is 53.8 Å². The molecule has 0 aliphatic carbocycles. The molecule has 1 aromatic heterocycles. The van der Waals surface area contributed by atoms with Crippen molar-refractivity contribution in [3.63, 3.8) is 0 Å². The fraction of sp³-hybridized carbons (Fsp3) is 0.571. The normalized spacial score (nSPS) is 18.7. The average molecular weight is 373 g/mol. The molecule has 0 bridgehead atoms. The zero-order valence-electron chi connectivity index (χ0n) is 16.5. The predicted molar refractivity (Wildman–Crippen MR) is 107 cm³/mol. The molecule has 2 aromatic rings. The van der Waals surface area contributed by atoms with Gasteiger partial charge in [0.1, 0.15) is 11.6 Å². The van der Waals surface area contributed by atoms with Crippen molar-refractivity contribution in [3.05, 3.63) is 48.0 Å². The summed E-state index contributed by atoms with van der Waals surface area (Å²) in [5, 5.41) is 9.58. The van der Waals surface area contributed by atoms with Gasteiger partial charge in [-0.2, -0.15) is 0 Å². The first-order valence-corrected chi connectivity index (χ1v) is 10.0. The molecule has 0 spiro atoms. The number of hydrogen-bond donors (Lipinski definition) is 1. The Hall–Kier alpha value is -1.89. The molecule has 3 rings (SSSR count). The van der Waals surface area contributed by atoms with Gasteiger partial charge in [-0.1, -0.05) is 18.2 Å². The number of imidazole rings is 1. The van der Waals surface area contributed by atoms with E-state index in [0.29, 0.717) is 12.6 Å². The average Bonchev–Trinajstić information content (AvgIpc) is 3.13. The number of rotatable bonds is 9. The van der Waals surface area contributed by atoms with Crippen LogP contribution in [-0.2, 0) is 19.6 Å². The van der Waals surface area contributed by atoms with Gasteiger partial charge in [0, 0.05) is 63.3 Å². The van der Waals surface area contributed by atoms with Crippen LogP contribution in [0.5, 0.6) is 5.75 Å². The van der Waals surface area contributed by atoms with Gasteiger partial charge >= 0.3 is 0 Å². The lowest BCUT2D eigenvalue weighted by atomic mass is 10.1. The Morgan fingerprint density at radius 3 is 2.81 bits per heavy atom. The van der Waals surface area contributed by atoms with Crippen LogP contribution in [0.15, 0.2) is 36.7 Å². The molecule has 2 heterocycles. The molecule has 27 heavy (non-hydrogen) atoms. The van der Waals surface area contributed by atoms with Crippen molar-refractivity contribution in [2.75, 3.05) is 32.8 Å². The predicted octanol–water partition coefficient (Wildman–Crippen LogP) is 2.37. The molecule has 1 N–H and O–H groups in total. The molecule has 1 unspecified atom stereocenters. The van der Waals surface area contributed by atoms with Crippen LogP contribution in [0.3, 0.4) is 0 Å². The number of aliphatic hydroxyl groups excluding tert-OH is 1. The summed E-state index contributed by atoms with van der Waals surface area (Å²) in [5.74, 6) is 2.09. The van der Waals surface area contributed by atoms with Crippen LogP contribution in [-0.4, -0.2) is 63.3 Å². The third-order valence-corrected chi connectivity index (χ3v) is 5.30. The van der Waals surface area contributed by atoms with Crippen LogP contribution in [0.4, 0.5) is 0 Å². The van der Waals surface area contributed by atoms with E-state index >= 15 is 0 Å². The Bertz CT molecular complexity index is 703. The summed E-state index contributed by atoms with van der Waals surface area (Å²) >= 11 is 0. The van der Waals surface area contributed by atoms with E-state index in [4.69, 9.17) is 4.74 Å². The quantitative estimate of drug-likeness (QED) is 0.732. The molecule has 1 aromatic carbocycles. The highest BCUT2D eigenvalue weighted by atomic mass is 16.5. The second kappa shape index (κ2) is 9.88. The number of para-hydroxylation sites is 1. The Morgan fingerprint density at radius 2 is 2.04 bits per heavy atom. The fourth-order valence-electron chi connectivity index (χ4n) is 3.86. The van der Waals surface area contributed by atoms with Crippen LogP contribution < -0.4 is 4.74 Å². The number of aryl methyl sites for hydroxylation is 1. The number of aliphatic hydroxyl groups is 1. The molecule has 0 saturated carbocycles. The van der Waals surface area contributed by atoms with Crippen LogP contribution in [0, 0.1) is 0 Å². The van der Waals surface area contributed by atoms with Gasteiger partial charge in [-0.25, -0.2) is 4.98 Å². The number of benzene rings is 1. The van der Waals surface area contributed by atoms with Crippen LogP contribution >= 0.6 is 0 Å². The van der Waals surface area contributed by atoms with E-state index in [2.05, 4.69) is 38.4 Å². The van der Waals surface area contributed by atoms with Gasteiger partial charge in [0.05, 0.1) is 13.2 Å². The van der Waals surface area contributed by atoms with E-state index in [1.807, 2.05) is 31.5 Å². The van der Waals surface area contributed by atoms with Gasteiger partial charge in [0.15, 0.2) is 0 Å². The van der Waals surface area contributed by atoms with Crippen molar-refractivity contribution in [3.8, 4) is 5.75 Å². The molecule has 1 saturated heterocycles. The summed E-state index contributed by atoms with van der Waals surface area (Å²) in [6, 6.07) is 8.61. The van der Waals surface area contributed by atoms with Crippen LogP contribution in [0.25, 0.3) is 0 Å². The maximum absolute atomic E-state index is 9.58. The lowest BCUT2D eigenvalue weighted by Gasteiger charge is -2.41. The van der Waals surface area contributed by atoms with Gasteiger partial charge in [0.2, 0.25) is 0 Å². The molecule has 1 atom stereocenters. The Labute approximate surface area is 162 Å². The van der Waals surface area contributed by atoms with Crippen molar-refractivity contribution in [1.82, 2.24) is 19.4 Å². The number of ether oxygens (including phenoxy) is 1. The summed E-state index contributed by atoms with van der Waals surface area (Å²) in [6.07, 6.45) is 4.71. The van der Waals surface area contributed by atoms with E-state index in [1.165, 1.54) is 5.56 Å². The second-order valence-electron chi connectivity index (χ2n) is 7.04. The summed E-state index contributed by atoms with van der Waals surface area (Å²) in [7, 11) is 0. The van der Waals surface area contributed by atoms with Crippen molar-refractivity contribution in [2.24, 2.45) is 0 Å². The highest BCUT2D eigenvalue weighted by molar-refractivity contribution is 5.33. The van der Waals surface area contributed by atoms with Crippen LogP contribution in [0.2, 0.25) is 0 Å². The summed E-state index contributed by atoms with van der Waals surface area (Å²) < 4.78 is 7.99. The van der Waals surface area contributed by atoms with Gasteiger partial charge in [-0.15, -0.1) is 0 Å². The highest BCUT2D eigenvalue weighted by Gasteiger charge is 2.27. The lowest BCUT2D eigenvalue weighted by Crippen LogP contribution is -2.52. The summed E-state index contributed by atoms with van der Waals surface area (Å²) in [4.78, 5) is 9.45. The zero-order valence-corrected chi connectivity index (χ0v) is 16.5. The van der Waals surface area contributed by atoms with Gasteiger partial charge in [-0.05, 0) is 26.3 Å². The molecule has 6 heteroatoms. The molecule has 0 amide bonds. The maximum Gasteiger partial charge on any atom is 0.123 e. The van der Waals surface area contributed by atoms with Crippen molar-refractivity contribution in [2.45, 2.75) is 45.9 Å². The SMILES string of the molecule is CCOc1ccccc1CN1CCN(Cc2nccn2CC)CC1CCO.